The van der Waals surface area contributed by atoms with Gasteiger partial charge in [-0.05, 0) is 31.2 Å². The quantitative estimate of drug-likeness (QED) is 0.564. The van der Waals surface area contributed by atoms with Crippen molar-refractivity contribution in [3.63, 3.8) is 0 Å². The molecule has 0 aliphatic heterocycles. The molecule has 0 aliphatic carbocycles. The lowest BCUT2D eigenvalue weighted by atomic mass is 10.1. The van der Waals surface area contributed by atoms with Crippen LogP contribution in [0.2, 0.25) is 0 Å². The van der Waals surface area contributed by atoms with Crippen molar-refractivity contribution < 1.29 is 19.0 Å². The molecule has 1 aromatic heterocycles. The van der Waals surface area contributed by atoms with Crippen LogP contribution in [-0.4, -0.2) is 31.3 Å². The molecule has 2 aromatic carbocycles. The lowest BCUT2D eigenvalue weighted by Gasteiger charge is -2.10. The lowest BCUT2D eigenvalue weighted by Crippen LogP contribution is -2.17. The lowest BCUT2D eigenvalue weighted by molar-refractivity contribution is 0.0992. The molecule has 28 heavy (non-hydrogen) atoms. The van der Waals surface area contributed by atoms with Crippen LogP contribution in [0.5, 0.6) is 17.2 Å². The third-order valence-electron chi connectivity index (χ3n) is 4.11. The van der Waals surface area contributed by atoms with E-state index in [0.29, 0.717) is 35.0 Å². The van der Waals surface area contributed by atoms with Crippen LogP contribution < -0.4 is 19.0 Å². The Labute approximate surface area is 167 Å². The molecule has 7 heteroatoms. The number of benzene rings is 2. The normalized spacial score (nSPS) is 11.5. The Kier molecular flexibility index (Phi) is 6.16. The molecule has 1 heterocycles. The Morgan fingerprint density at radius 2 is 1.79 bits per heavy atom. The molecule has 0 N–H and O–H groups in total. The fraction of sp³-hybridized carbons (Fsp3) is 0.238. The number of thiazole rings is 1. The molecule has 0 bridgehead atoms. The molecule has 1 amide bonds. The van der Waals surface area contributed by atoms with Gasteiger partial charge in [-0.2, -0.15) is 4.99 Å². The predicted molar refractivity (Wildman–Crippen MR) is 111 cm³/mol. The van der Waals surface area contributed by atoms with Crippen molar-refractivity contribution in [2.45, 2.75) is 13.5 Å². The minimum Gasteiger partial charge on any atom is -0.496 e. The Balaban J connectivity index is 2.22. The van der Waals surface area contributed by atoms with E-state index in [2.05, 4.69) is 11.6 Å². The van der Waals surface area contributed by atoms with Gasteiger partial charge >= 0.3 is 0 Å². The largest absolute Gasteiger partial charge is 0.496 e. The molecule has 0 atom stereocenters. The summed E-state index contributed by atoms with van der Waals surface area (Å²) >= 11 is 1.42. The topological polar surface area (TPSA) is 62.1 Å². The standard InChI is InChI=1S/C21H22N2O4S/c1-5-13-23-19-16(27-6-2)11-8-12-17(19)28-21(23)22-20(24)18-14(25-3)9-7-10-15(18)26-4/h5,7-12H,1,6,13H2,2-4H3. The van der Waals surface area contributed by atoms with E-state index < -0.39 is 5.91 Å². The number of hydrogen-bond acceptors (Lipinski definition) is 5. The van der Waals surface area contributed by atoms with Gasteiger partial charge in [0.2, 0.25) is 0 Å². The van der Waals surface area contributed by atoms with Crippen LogP contribution in [0.1, 0.15) is 17.3 Å². The third kappa shape index (κ3) is 3.66. The highest BCUT2D eigenvalue weighted by molar-refractivity contribution is 7.16. The van der Waals surface area contributed by atoms with E-state index in [4.69, 9.17) is 14.2 Å². The van der Waals surface area contributed by atoms with E-state index >= 15 is 0 Å². The van der Waals surface area contributed by atoms with Gasteiger partial charge in [-0.3, -0.25) is 4.79 Å². The number of methoxy groups -OCH3 is 2. The number of ether oxygens (including phenoxy) is 3. The van der Waals surface area contributed by atoms with Crippen LogP contribution in [0.3, 0.4) is 0 Å². The summed E-state index contributed by atoms with van der Waals surface area (Å²) in [5.74, 6) is 1.15. The average molecular weight is 398 g/mol. The molecule has 3 aromatic rings. The molecular formula is C21H22N2O4S. The van der Waals surface area contributed by atoms with E-state index in [0.717, 1.165) is 16.0 Å². The van der Waals surface area contributed by atoms with Gasteiger partial charge in [-0.1, -0.05) is 29.5 Å². The molecule has 0 fully saturated rings. The van der Waals surface area contributed by atoms with Gasteiger partial charge < -0.3 is 18.8 Å². The van der Waals surface area contributed by atoms with E-state index in [1.54, 1.807) is 24.3 Å². The second kappa shape index (κ2) is 8.75. The van der Waals surface area contributed by atoms with Crippen molar-refractivity contribution in [1.29, 1.82) is 0 Å². The van der Waals surface area contributed by atoms with E-state index in [-0.39, 0.29) is 0 Å². The Bertz CT molecular complexity index is 1060. The average Bonchev–Trinajstić information content (AvgIpc) is 3.05. The number of fused-ring (bicyclic) bond motifs is 1. The second-order valence-electron chi connectivity index (χ2n) is 5.77. The Hall–Kier alpha value is -3.06. The summed E-state index contributed by atoms with van der Waals surface area (Å²) in [6, 6.07) is 11.0. The van der Waals surface area contributed by atoms with Crippen LogP contribution in [0, 0.1) is 0 Å². The monoisotopic (exact) mass is 398 g/mol. The first-order valence-corrected chi connectivity index (χ1v) is 9.62. The van der Waals surface area contributed by atoms with E-state index in [1.807, 2.05) is 29.7 Å². The molecule has 0 saturated carbocycles. The van der Waals surface area contributed by atoms with Crippen LogP contribution in [0.25, 0.3) is 10.2 Å². The van der Waals surface area contributed by atoms with Crippen LogP contribution >= 0.6 is 11.3 Å². The van der Waals surface area contributed by atoms with Gasteiger partial charge in [0.1, 0.15) is 28.3 Å². The van der Waals surface area contributed by atoms with Gasteiger partial charge in [0.15, 0.2) is 4.80 Å². The first kappa shape index (κ1) is 19.7. The number of carbonyl (C=O) groups excluding carboxylic acids is 1. The number of hydrogen-bond donors (Lipinski definition) is 0. The summed E-state index contributed by atoms with van der Waals surface area (Å²) in [5.41, 5.74) is 1.19. The Morgan fingerprint density at radius 1 is 1.14 bits per heavy atom. The predicted octanol–water partition coefficient (Wildman–Crippen LogP) is 4.05. The minimum absolute atomic E-state index is 0.292. The molecule has 0 aliphatic rings. The summed E-state index contributed by atoms with van der Waals surface area (Å²) in [6.07, 6.45) is 1.77. The maximum absolute atomic E-state index is 13.0. The van der Waals surface area contributed by atoms with Gasteiger partial charge in [0, 0.05) is 6.54 Å². The number of allylic oxidation sites excluding steroid dienone is 1. The number of para-hydroxylation sites is 1. The smallest absolute Gasteiger partial charge is 0.287 e. The summed E-state index contributed by atoms with van der Waals surface area (Å²) in [6.45, 7) is 6.81. The van der Waals surface area contributed by atoms with Crippen molar-refractivity contribution in [1.82, 2.24) is 4.57 Å². The number of aromatic nitrogens is 1. The van der Waals surface area contributed by atoms with Crippen molar-refractivity contribution in [2.75, 3.05) is 20.8 Å². The second-order valence-corrected chi connectivity index (χ2v) is 6.78. The first-order valence-electron chi connectivity index (χ1n) is 8.80. The first-order chi connectivity index (χ1) is 13.6. The Morgan fingerprint density at radius 3 is 2.39 bits per heavy atom. The zero-order valence-corrected chi connectivity index (χ0v) is 16.9. The molecule has 3 rings (SSSR count). The third-order valence-corrected chi connectivity index (χ3v) is 5.16. The van der Waals surface area contributed by atoms with E-state index in [1.165, 1.54) is 25.6 Å². The summed E-state index contributed by atoms with van der Waals surface area (Å²) in [4.78, 5) is 18.0. The highest BCUT2D eigenvalue weighted by atomic mass is 32.1. The SMILES string of the molecule is C=CCn1c(=NC(=O)c2c(OC)cccc2OC)sc2cccc(OCC)c21. The molecule has 0 saturated heterocycles. The number of rotatable bonds is 7. The van der Waals surface area contributed by atoms with Crippen molar-refractivity contribution in [3.05, 3.63) is 59.4 Å². The maximum atomic E-state index is 13.0. The van der Waals surface area contributed by atoms with Crippen molar-refractivity contribution in [3.8, 4) is 17.2 Å². The van der Waals surface area contributed by atoms with Crippen LogP contribution in [-0.2, 0) is 6.54 Å². The van der Waals surface area contributed by atoms with Gasteiger partial charge in [0.05, 0.1) is 25.5 Å². The van der Waals surface area contributed by atoms with Crippen LogP contribution in [0.4, 0.5) is 0 Å². The zero-order valence-electron chi connectivity index (χ0n) is 16.1. The molecule has 0 unspecified atom stereocenters. The van der Waals surface area contributed by atoms with Gasteiger partial charge in [0.25, 0.3) is 5.91 Å². The summed E-state index contributed by atoms with van der Waals surface area (Å²) in [5, 5.41) is 0. The molecule has 6 nitrogen and oxygen atoms in total. The molecule has 0 radical (unpaired) electrons. The molecule has 146 valence electrons. The minimum atomic E-state index is -0.434. The fourth-order valence-corrected chi connectivity index (χ4v) is 4.01. The number of amides is 1. The zero-order chi connectivity index (χ0) is 20.1. The van der Waals surface area contributed by atoms with Crippen molar-refractivity contribution >= 4 is 27.5 Å². The van der Waals surface area contributed by atoms with Gasteiger partial charge in [-0.25, -0.2) is 0 Å². The highest BCUT2D eigenvalue weighted by Gasteiger charge is 2.19. The van der Waals surface area contributed by atoms with Gasteiger partial charge in [-0.15, -0.1) is 6.58 Å². The highest BCUT2D eigenvalue weighted by Crippen LogP contribution is 2.30. The molecule has 0 spiro atoms. The summed E-state index contributed by atoms with van der Waals surface area (Å²) < 4.78 is 19.3. The number of carbonyl (C=O) groups is 1. The molecular weight excluding hydrogens is 376 g/mol. The fourth-order valence-electron chi connectivity index (χ4n) is 2.96. The van der Waals surface area contributed by atoms with Crippen molar-refractivity contribution in [2.24, 2.45) is 4.99 Å². The van der Waals surface area contributed by atoms with Crippen LogP contribution in [0.15, 0.2) is 54.0 Å². The number of nitrogens with zero attached hydrogens (tertiary/aromatic N) is 2. The maximum Gasteiger partial charge on any atom is 0.287 e. The van der Waals surface area contributed by atoms with E-state index in [9.17, 15) is 4.79 Å². The summed E-state index contributed by atoms with van der Waals surface area (Å²) in [7, 11) is 3.02.